The van der Waals surface area contributed by atoms with E-state index in [1.165, 1.54) is 23.5 Å². The molecule has 0 aliphatic rings. The Labute approximate surface area is 130 Å². The van der Waals surface area contributed by atoms with Gasteiger partial charge in [-0.1, -0.05) is 5.16 Å². The summed E-state index contributed by atoms with van der Waals surface area (Å²) in [5, 5.41) is 5.55. The molecule has 102 valence electrons. The van der Waals surface area contributed by atoms with Crippen molar-refractivity contribution in [3.8, 4) is 22.5 Å². The van der Waals surface area contributed by atoms with Gasteiger partial charge in [0.1, 0.15) is 11.6 Å². The minimum Gasteiger partial charge on any atom is -0.380 e. The van der Waals surface area contributed by atoms with Crippen LogP contribution in [0.5, 0.6) is 0 Å². The topological polar surface area (TPSA) is 52.0 Å². The van der Waals surface area contributed by atoms with E-state index in [1.54, 1.807) is 0 Å². The van der Waals surface area contributed by atoms with Gasteiger partial charge in [0.15, 0.2) is 11.6 Å². The van der Waals surface area contributed by atoms with Crippen molar-refractivity contribution < 1.29 is 13.3 Å². The molecule has 0 bridgehead atoms. The van der Waals surface area contributed by atoms with E-state index in [0.717, 1.165) is 14.5 Å². The van der Waals surface area contributed by atoms with Crippen molar-refractivity contribution in [3.05, 3.63) is 44.2 Å². The largest absolute Gasteiger partial charge is 0.380 e. The minimum absolute atomic E-state index is 0.0757. The molecule has 0 unspecified atom stereocenters. The number of nitrogen functional groups attached to an aromatic ring is 1. The van der Waals surface area contributed by atoms with Crippen molar-refractivity contribution in [3.63, 3.8) is 0 Å². The molecule has 0 amide bonds. The number of hydrogen-bond acceptors (Lipinski definition) is 4. The van der Waals surface area contributed by atoms with Crippen molar-refractivity contribution in [2.45, 2.75) is 0 Å². The second-order valence-electron chi connectivity index (χ2n) is 4.04. The summed E-state index contributed by atoms with van der Waals surface area (Å²) in [5.41, 5.74) is 7.04. The lowest BCUT2D eigenvalue weighted by atomic mass is 10.0. The highest BCUT2D eigenvalue weighted by Crippen LogP contribution is 2.39. The maximum atomic E-state index is 13.9. The first kappa shape index (κ1) is 13.5. The van der Waals surface area contributed by atoms with Gasteiger partial charge in [-0.2, -0.15) is 0 Å². The molecule has 0 radical (unpaired) electrons. The second kappa shape index (κ2) is 5.13. The number of hydrogen-bond donors (Lipinski definition) is 1. The highest BCUT2D eigenvalue weighted by atomic mass is 127. The fraction of sp³-hybridized carbons (Fsp3) is 0. The van der Waals surface area contributed by atoms with Crippen LogP contribution in [0.25, 0.3) is 22.5 Å². The molecule has 0 aliphatic heterocycles. The van der Waals surface area contributed by atoms with Crippen LogP contribution >= 0.6 is 33.9 Å². The van der Waals surface area contributed by atoms with Gasteiger partial charge in [-0.3, -0.25) is 0 Å². The third-order valence-corrected chi connectivity index (χ3v) is 4.54. The molecule has 0 saturated carbocycles. The Morgan fingerprint density at radius 3 is 2.70 bits per heavy atom. The lowest BCUT2D eigenvalue weighted by Gasteiger charge is -2.03. The van der Waals surface area contributed by atoms with Gasteiger partial charge in [0, 0.05) is 22.6 Å². The van der Waals surface area contributed by atoms with Crippen LogP contribution in [0.15, 0.2) is 34.2 Å². The number of halogens is 3. The number of thiophene rings is 1. The standard InChI is InChI=1S/C13H7F2IN2OS/c14-7-1-2-8(9(15)4-7)11-12(19-18-13(11)17)6-3-10(16)20-5-6/h1-5H,(H2,17,18). The van der Waals surface area contributed by atoms with Gasteiger partial charge in [0.2, 0.25) is 0 Å². The number of anilines is 1. The molecular weight excluding hydrogens is 397 g/mol. The maximum absolute atomic E-state index is 13.9. The Kier molecular flexibility index (Phi) is 3.47. The Bertz CT molecular complexity index is 785. The Balaban J connectivity index is 2.21. The fourth-order valence-electron chi connectivity index (χ4n) is 1.88. The smallest absolute Gasteiger partial charge is 0.177 e. The molecular formula is C13H7F2IN2OS. The Morgan fingerprint density at radius 1 is 1.25 bits per heavy atom. The van der Waals surface area contributed by atoms with Gasteiger partial charge in [-0.05, 0) is 40.8 Å². The van der Waals surface area contributed by atoms with Crippen molar-refractivity contribution in [1.29, 1.82) is 0 Å². The summed E-state index contributed by atoms with van der Waals surface area (Å²) in [6.07, 6.45) is 0. The van der Waals surface area contributed by atoms with Crippen molar-refractivity contribution in [2.24, 2.45) is 0 Å². The third-order valence-electron chi connectivity index (χ3n) is 2.75. The summed E-state index contributed by atoms with van der Waals surface area (Å²) in [5.74, 6) is -0.891. The van der Waals surface area contributed by atoms with Crippen LogP contribution in [0.2, 0.25) is 0 Å². The summed E-state index contributed by atoms with van der Waals surface area (Å²) < 4.78 is 33.2. The fourth-order valence-corrected chi connectivity index (χ4v) is 3.21. The molecule has 7 heteroatoms. The van der Waals surface area contributed by atoms with E-state index in [4.69, 9.17) is 10.3 Å². The maximum Gasteiger partial charge on any atom is 0.177 e. The molecule has 0 aliphatic carbocycles. The SMILES string of the molecule is Nc1noc(-c2csc(I)c2)c1-c1ccc(F)cc1F. The average molecular weight is 404 g/mol. The third kappa shape index (κ3) is 2.31. The number of rotatable bonds is 2. The molecule has 3 rings (SSSR count). The van der Waals surface area contributed by atoms with E-state index in [9.17, 15) is 8.78 Å². The van der Waals surface area contributed by atoms with Crippen LogP contribution in [0.4, 0.5) is 14.6 Å². The lowest BCUT2D eigenvalue weighted by Crippen LogP contribution is -1.92. The van der Waals surface area contributed by atoms with Gasteiger partial charge in [0.05, 0.1) is 8.45 Å². The molecule has 0 spiro atoms. The summed E-state index contributed by atoms with van der Waals surface area (Å²) in [6.45, 7) is 0. The molecule has 0 fully saturated rings. The van der Waals surface area contributed by atoms with Crippen LogP contribution < -0.4 is 5.73 Å². The van der Waals surface area contributed by atoms with Crippen LogP contribution in [0, 0.1) is 14.5 Å². The van der Waals surface area contributed by atoms with Crippen molar-refractivity contribution >= 4 is 39.7 Å². The zero-order valence-corrected chi connectivity index (χ0v) is 12.8. The number of benzene rings is 1. The molecule has 2 heterocycles. The Morgan fingerprint density at radius 2 is 2.05 bits per heavy atom. The van der Waals surface area contributed by atoms with E-state index < -0.39 is 11.6 Å². The van der Waals surface area contributed by atoms with Gasteiger partial charge in [0.25, 0.3) is 0 Å². The highest BCUT2D eigenvalue weighted by molar-refractivity contribution is 14.1. The number of nitrogens with two attached hydrogens (primary N) is 1. The zero-order chi connectivity index (χ0) is 14.3. The van der Waals surface area contributed by atoms with E-state index in [0.29, 0.717) is 11.3 Å². The molecule has 0 atom stereocenters. The molecule has 3 aromatic rings. The molecule has 0 saturated heterocycles. The van der Waals surface area contributed by atoms with Gasteiger partial charge in [-0.15, -0.1) is 11.3 Å². The lowest BCUT2D eigenvalue weighted by molar-refractivity contribution is 0.436. The minimum atomic E-state index is -0.703. The van der Waals surface area contributed by atoms with Crippen LogP contribution in [0.3, 0.4) is 0 Å². The summed E-state index contributed by atoms with van der Waals surface area (Å²) in [6, 6.07) is 5.19. The second-order valence-corrected chi connectivity index (χ2v) is 6.84. The van der Waals surface area contributed by atoms with Gasteiger partial charge < -0.3 is 10.3 Å². The predicted molar refractivity (Wildman–Crippen MR) is 82.3 cm³/mol. The monoisotopic (exact) mass is 404 g/mol. The van der Waals surface area contributed by atoms with Gasteiger partial charge in [-0.25, -0.2) is 8.78 Å². The quantitative estimate of drug-likeness (QED) is 0.639. The van der Waals surface area contributed by atoms with E-state index in [1.807, 2.05) is 11.4 Å². The summed E-state index contributed by atoms with van der Waals surface area (Å²) in [7, 11) is 0. The molecule has 2 N–H and O–H groups in total. The molecule has 3 nitrogen and oxygen atoms in total. The van der Waals surface area contributed by atoms with Crippen LogP contribution in [0.1, 0.15) is 0 Å². The average Bonchev–Trinajstić information content (AvgIpc) is 2.96. The normalized spacial score (nSPS) is 10.9. The molecule has 1 aromatic carbocycles. The van der Waals surface area contributed by atoms with Crippen LogP contribution in [-0.4, -0.2) is 5.16 Å². The number of nitrogens with zero attached hydrogens (tertiary/aromatic N) is 1. The summed E-state index contributed by atoms with van der Waals surface area (Å²) >= 11 is 3.70. The Hall–Kier alpha value is -1.48. The first-order valence-electron chi connectivity index (χ1n) is 5.51. The zero-order valence-electron chi connectivity index (χ0n) is 9.86. The highest BCUT2D eigenvalue weighted by Gasteiger charge is 2.21. The molecule has 2 aromatic heterocycles. The van der Waals surface area contributed by atoms with Crippen molar-refractivity contribution in [2.75, 3.05) is 5.73 Å². The van der Waals surface area contributed by atoms with Crippen LogP contribution in [-0.2, 0) is 0 Å². The first-order valence-corrected chi connectivity index (χ1v) is 7.47. The van der Waals surface area contributed by atoms with E-state index in [-0.39, 0.29) is 11.4 Å². The van der Waals surface area contributed by atoms with Crippen molar-refractivity contribution in [1.82, 2.24) is 5.16 Å². The summed E-state index contributed by atoms with van der Waals surface area (Å²) in [4.78, 5) is 0. The van der Waals surface area contributed by atoms with E-state index in [2.05, 4.69) is 27.7 Å². The number of aromatic nitrogens is 1. The first-order chi connectivity index (χ1) is 9.56. The van der Waals surface area contributed by atoms with Gasteiger partial charge >= 0.3 is 0 Å². The molecule has 20 heavy (non-hydrogen) atoms. The van der Waals surface area contributed by atoms with E-state index >= 15 is 0 Å². The predicted octanol–water partition coefficient (Wildman–Crippen LogP) is 4.54.